The maximum Gasteiger partial charge on any atom is 0.271 e. The molecule has 0 aliphatic carbocycles. The monoisotopic (exact) mass is 375 g/mol. The minimum absolute atomic E-state index is 0.00513. The highest BCUT2D eigenvalue weighted by molar-refractivity contribution is 6.33. The van der Waals surface area contributed by atoms with E-state index in [2.05, 4.69) is 10.9 Å². The summed E-state index contributed by atoms with van der Waals surface area (Å²) in [7, 11) is 0. The molecule has 8 heteroatoms. The van der Waals surface area contributed by atoms with E-state index >= 15 is 0 Å². The van der Waals surface area contributed by atoms with E-state index in [4.69, 9.17) is 11.6 Å². The van der Waals surface area contributed by atoms with Crippen LogP contribution in [0.5, 0.6) is 0 Å². The van der Waals surface area contributed by atoms with Crippen LogP contribution in [-0.4, -0.2) is 24.3 Å². The maximum atomic E-state index is 13.0. The number of amides is 3. The van der Waals surface area contributed by atoms with Crippen molar-refractivity contribution in [3.63, 3.8) is 0 Å². The average molecular weight is 376 g/mol. The first-order chi connectivity index (χ1) is 12.5. The molecule has 2 aromatic carbocycles. The van der Waals surface area contributed by atoms with Gasteiger partial charge in [0.15, 0.2) is 0 Å². The number of nitrogens with one attached hydrogen (secondary N) is 2. The van der Waals surface area contributed by atoms with Crippen LogP contribution in [0.1, 0.15) is 16.8 Å². The minimum Gasteiger partial charge on any atom is -0.312 e. The molecule has 0 bridgehead atoms. The number of carbonyl (C=O) groups is 3. The molecule has 2 aromatic rings. The average Bonchev–Trinajstić information content (AvgIpc) is 3.02. The van der Waals surface area contributed by atoms with Gasteiger partial charge in [-0.1, -0.05) is 23.7 Å². The number of hydrogen-bond donors (Lipinski definition) is 2. The van der Waals surface area contributed by atoms with Crippen LogP contribution in [0.4, 0.5) is 10.1 Å². The van der Waals surface area contributed by atoms with E-state index in [1.54, 1.807) is 18.2 Å². The van der Waals surface area contributed by atoms with Gasteiger partial charge in [0.1, 0.15) is 5.82 Å². The van der Waals surface area contributed by atoms with Gasteiger partial charge in [-0.3, -0.25) is 25.2 Å². The van der Waals surface area contributed by atoms with Crippen LogP contribution < -0.4 is 15.8 Å². The van der Waals surface area contributed by atoms with Gasteiger partial charge in [0.05, 0.1) is 16.5 Å². The molecule has 0 spiro atoms. The molecule has 1 fully saturated rings. The van der Waals surface area contributed by atoms with E-state index in [1.165, 1.54) is 35.2 Å². The second kappa shape index (κ2) is 7.53. The largest absolute Gasteiger partial charge is 0.312 e. The topological polar surface area (TPSA) is 78.5 Å². The lowest BCUT2D eigenvalue weighted by Crippen LogP contribution is -2.45. The van der Waals surface area contributed by atoms with E-state index in [0.717, 1.165) is 0 Å². The molecule has 3 amide bonds. The summed E-state index contributed by atoms with van der Waals surface area (Å²) in [5.74, 6) is -2.31. The van der Waals surface area contributed by atoms with E-state index < -0.39 is 23.5 Å². The smallest absolute Gasteiger partial charge is 0.271 e. The molecule has 0 aromatic heterocycles. The van der Waals surface area contributed by atoms with Crippen molar-refractivity contribution in [1.29, 1.82) is 0 Å². The molecule has 0 saturated carbocycles. The number of nitrogens with zero attached hydrogens (tertiary/aromatic N) is 1. The van der Waals surface area contributed by atoms with Gasteiger partial charge in [0.2, 0.25) is 11.8 Å². The van der Waals surface area contributed by atoms with Crippen molar-refractivity contribution >= 4 is 35.0 Å². The summed E-state index contributed by atoms with van der Waals surface area (Å²) in [6.07, 6.45) is 0.00513. The van der Waals surface area contributed by atoms with Gasteiger partial charge in [0, 0.05) is 18.7 Å². The summed E-state index contributed by atoms with van der Waals surface area (Å²) in [6, 6.07) is 11.9. The summed E-state index contributed by atoms with van der Waals surface area (Å²) in [5, 5.41) is 0.262. The molecule has 1 atom stereocenters. The van der Waals surface area contributed by atoms with Crippen LogP contribution in [-0.2, 0) is 9.59 Å². The van der Waals surface area contributed by atoms with Gasteiger partial charge >= 0.3 is 0 Å². The van der Waals surface area contributed by atoms with Crippen LogP contribution in [0.15, 0.2) is 48.5 Å². The first-order valence-electron chi connectivity index (χ1n) is 7.86. The van der Waals surface area contributed by atoms with Crippen LogP contribution in [0, 0.1) is 11.7 Å². The third-order valence-electron chi connectivity index (χ3n) is 4.05. The Hall–Kier alpha value is -2.93. The number of anilines is 1. The summed E-state index contributed by atoms with van der Waals surface area (Å²) >= 11 is 5.93. The lowest BCUT2D eigenvalue weighted by atomic mass is 10.1. The molecular weight excluding hydrogens is 361 g/mol. The second-order valence-corrected chi connectivity index (χ2v) is 6.21. The first-order valence-corrected chi connectivity index (χ1v) is 8.24. The Kier molecular flexibility index (Phi) is 5.18. The summed E-state index contributed by atoms with van der Waals surface area (Å²) < 4.78 is 13.0. The number of rotatable bonds is 3. The van der Waals surface area contributed by atoms with Crippen LogP contribution in [0.2, 0.25) is 5.02 Å². The van der Waals surface area contributed by atoms with E-state index in [0.29, 0.717) is 5.69 Å². The van der Waals surface area contributed by atoms with Crippen LogP contribution >= 0.6 is 11.6 Å². The Morgan fingerprint density at radius 3 is 2.46 bits per heavy atom. The van der Waals surface area contributed by atoms with E-state index in [1.807, 2.05) is 0 Å². The molecule has 6 nitrogen and oxygen atoms in total. The summed E-state index contributed by atoms with van der Waals surface area (Å²) in [5.41, 5.74) is 5.35. The molecule has 1 saturated heterocycles. The molecule has 0 radical (unpaired) electrons. The maximum absolute atomic E-state index is 13.0. The number of carbonyl (C=O) groups excluding carboxylic acids is 3. The van der Waals surface area contributed by atoms with Gasteiger partial charge in [-0.2, -0.15) is 0 Å². The Bertz CT molecular complexity index is 857. The number of hydrazine groups is 1. The van der Waals surface area contributed by atoms with Gasteiger partial charge in [-0.15, -0.1) is 0 Å². The molecular formula is C18H15ClFN3O3. The second-order valence-electron chi connectivity index (χ2n) is 5.81. The predicted molar refractivity (Wildman–Crippen MR) is 93.9 cm³/mol. The first kappa shape index (κ1) is 17.9. The van der Waals surface area contributed by atoms with Crippen LogP contribution in [0.25, 0.3) is 0 Å². The van der Waals surface area contributed by atoms with Crippen molar-refractivity contribution in [2.45, 2.75) is 6.42 Å². The highest BCUT2D eigenvalue weighted by Gasteiger charge is 2.35. The molecule has 1 heterocycles. The fourth-order valence-corrected chi connectivity index (χ4v) is 2.91. The number of benzene rings is 2. The summed E-state index contributed by atoms with van der Waals surface area (Å²) in [6.45, 7) is 0.151. The molecule has 26 heavy (non-hydrogen) atoms. The zero-order chi connectivity index (χ0) is 18.7. The van der Waals surface area contributed by atoms with Crippen molar-refractivity contribution in [1.82, 2.24) is 10.9 Å². The highest BCUT2D eigenvalue weighted by atomic mass is 35.5. The fraction of sp³-hybridized carbons (Fsp3) is 0.167. The molecule has 2 N–H and O–H groups in total. The number of halogens is 2. The quantitative estimate of drug-likeness (QED) is 0.808. The Labute approximate surface area is 153 Å². The van der Waals surface area contributed by atoms with Crippen molar-refractivity contribution < 1.29 is 18.8 Å². The molecule has 3 rings (SSSR count). The Morgan fingerprint density at radius 1 is 1.08 bits per heavy atom. The number of hydrogen-bond acceptors (Lipinski definition) is 3. The summed E-state index contributed by atoms with van der Waals surface area (Å²) in [4.78, 5) is 37.8. The van der Waals surface area contributed by atoms with Crippen molar-refractivity contribution in [3.8, 4) is 0 Å². The molecule has 0 unspecified atom stereocenters. The molecule has 1 aliphatic rings. The Morgan fingerprint density at radius 2 is 1.77 bits per heavy atom. The SMILES string of the molecule is O=C(NNC(=O)[C@H]1CC(=O)N(c2ccc(F)cc2)C1)c1ccccc1Cl. The molecule has 134 valence electrons. The lowest BCUT2D eigenvalue weighted by Gasteiger charge is -2.16. The van der Waals surface area contributed by atoms with Gasteiger partial charge in [-0.05, 0) is 36.4 Å². The van der Waals surface area contributed by atoms with Crippen molar-refractivity contribution in [2.24, 2.45) is 5.92 Å². The zero-order valence-electron chi connectivity index (χ0n) is 13.5. The predicted octanol–water partition coefficient (Wildman–Crippen LogP) is 2.29. The van der Waals surface area contributed by atoms with Gasteiger partial charge < -0.3 is 4.90 Å². The minimum atomic E-state index is -0.626. The molecule has 1 aliphatic heterocycles. The highest BCUT2D eigenvalue weighted by Crippen LogP contribution is 2.25. The van der Waals surface area contributed by atoms with Gasteiger partial charge in [-0.25, -0.2) is 4.39 Å². The fourth-order valence-electron chi connectivity index (χ4n) is 2.69. The van der Waals surface area contributed by atoms with Gasteiger partial charge in [0.25, 0.3) is 5.91 Å². The van der Waals surface area contributed by atoms with E-state index in [-0.39, 0.29) is 29.5 Å². The van der Waals surface area contributed by atoms with Crippen LogP contribution in [0.3, 0.4) is 0 Å². The van der Waals surface area contributed by atoms with E-state index in [9.17, 15) is 18.8 Å². The third kappa shape index (κ3) is 3.83. The third-order valence-corrected chi connectivity index (χ3v) is 4.38. The lowest BCUT2D eigenvalue weighted by molar-refractivity contribution is -0.126. The zero-order valence-corrected chi connectivity index (χ0v) is 14.3. The Balaban J connectivity index is 1.59. The van der Waals surface area contributed by atoms with Crippen molar-refractivity contribution in [3.05, 3.63) is 64.9 Å². The normalized spacial score (nSPS) is 16.5. The standard InChI is InChI=1S/C18H15ClFN3O3/c19-15-4-2-1-3-14(15)18(26)22-21-17(25)11-9-16(24)23(10-11)13-7-5-12(20)6-8-13/h1-8,11H,9-10H2,(H,21,25)(H,22,26)/t11-/m0/s1. The van der Waals surface area contributed by atoms with Crippen molar-refractivity contribution in [2.75, 3.05) is 11.4 Å².